The van der Waals surface area contributed by atoms with E-state index in [0.717, 1.165) is 12.8 Å². The molecule has 0 amide bonds. The van der Waals surface area contributed by atoms with Gasteiger partial charge in [0, 0.05) is 6.07 Å². The largest absolute Gasteiger partial charge is 0.473 e. The van der Waals surface area contributed by atoms with Crippen LogP contribution in [0.15, 0.2) is 46.6 Å². The number of nitrogens with zero attached hydrogens (tertiary/aromatic N) is 2. The number of hydrogen-bond acceptors (Lipinski definition) is 4. The van der Waals surface area contributed by atoms with Crippen molar-refractivity contribution in [2.75, 3.05) is 6.61 Å². The summed E-state index contributed by atoms with van der Waals surface area (Å²) in [7, 11) is 0. The lowest BCUT2D eigenvalue weighted by Crippen LogP contribution is -2.01. The van der Waals surface area contributed by atoms with Crippen LogP contribution in [0.5, 0.6) is 5.88 Å². The molecule has 0 unspecified atom stereocenters. The quantitative estimate of drug-likeness (QED) is 0.331. The maximum atomic E-state index is 8.39. The average Bonchev–Trinajstić information content (AvgIpc) is 2.46. The molecule has 1 heterocycles. The Morgan fingerprint density at radius 1 is 1.33 bits per heavy atom. The van der Waals surface area contributed by atoms with E-state index in [1.165, 1.54) is 17.5 Å². The molecule has 0 aliphatic heterocycles. The molecule has 114 valence electrons. The van der Waals surface area contributed by atoms with Crippen molar-refractivity contribution in [1.82, 2.24) is 10.5 Å². The Bertz CT molecular complexity index is 501. The Kier molecular flexibility index (Phi) is 7.82. The fourth-order valence-electron chi connectivity index (χ4n) is 1.60. The molecule has 1 aromatic rings. The van der Waals surface area contributed by atoms with E-state index in [2.05, 4.69) is 42.9 Å². The molecule has 1 aromatic heterocycles. The van der Waals surface area contributed by atoms with Crippen LogP contribution in [0, 0.1) is 0 Å². The summed E-state index contributed by atoms with van der Waals surface area (Å²) in [6.07, 6.45) is 9.17. The lowest BCUT2D eigenvalue weighted by atomic mass is 10.1. The van der Waals surface area contributed by atoms with Gasteiger partial charge in [0.15, 0.2) is 0 Å². The summed E-state index contributed by atoms with van der Waals surface area (Å²) in [6.45, 7) is 6.83. The second-order valence-electron chi connectivity index (χ2n) is 4.92. The van der Waals surface area contributed by atoms with E-state index in [4.69, 9.17) is 9.94 Å². The summed E-state index contributed by atoms with van der Waals surface area (Å²) >= 11 is 0. The fourth-order valence-corrected chi connectivity index (χ4v) is 1.60. The summed E-state index contributed by atoms with van der Waals surface area (Å²) < 4.78 is 5.54. The highest BCUT2D eigenvalue weighted by molar-refractivity contribution is 5.59. The van der Waals surface area contributed by atoms with E-state index in [-0.39, 0.29) is 0 Å². The number of nitrogens with one attached hydrogen (secondary N) is 1. The van der Waals surface area contributed by atoms with Crippen LogP contribution in [-0.2, 0) is 0 Å². The molecule has 0 saturated carbocycles. The van der Waals surface area contributed by atoms with Crippen molar-refractivity contribution in [1.29, 1.82) is 0 Å². The van der Waals surface area contributed by atoms with Gasteiger partial charge in [-0.3, -0.25) is 10.7 Å². The van der Waals surface area contributed by atoms with Crippen LogP contribution < -0.4 is 10.2 Å². The molecule has 1 rings (SSSR count). The zero-order valence-electron chi connectivity index (χ0n) is 12.8. The lowest BCUT2D eigenvalue weighted by Gasteiger charge is -2.03. The topological polar surface area (TPSA) is 66.7 Å². The van der Waals surface area contributed by atoms with Crippen molar-refractivity contribution < 1.29 is 9.94 Å². The van der Waals surface area contributed by atoms with E-state index in [1.54, 1.807) is 18.3 Å². The van der Waals surface area contributed by atoms with Gasteiger partial charge in [-0.05, 0) is 45.8 Å². The number of aliphatic imine (C=N–C) groups is 1. The molecule has 0 bridgehead atoms. The van der Waals surface area contributed by atoms with Crippen LogP contribution in [0.1, 0.15) is 33.6 Å². The Hall–Kier alpha value is -2.14. The number of ether oxygens (including phenoxy) is 1. The van der Waals surface area contributed by atoms with E-state index in [9.17, 15) is 0 Å². The zero-order valence-corrected chi connectivity index (χ0v) is 12.8. The summed E-state index contributed by atoms with van der Waals surface area (Å²) in [6, 6.07) is 3.51. The van der Waals surface area contributed by atoms with Gasteiger partial charge in [0.2, 0.25) is 5.88 Å². The Morgan fingerprint density at radius 2 is 2.14 bits per heavy atom. The SMILES string of the molecule is CC(C)=CCC/C(C)=C\COc1ccc(N=CNO)cn1. The van der Waals surface area contributed by atoms with Crippen molar-refractivity contribution in [3.63, 3.8) is 0 Å². The van der Waals surface area contributed by atoms with E-state index in [0.29, 0.717) is 18.2 Å². The second-order valence-corrected chi connectivity index (χ2v) is 4.92. The number of allylic oxidation sites excluding steroid dienone is 3. The molecule has 0 radical (unpaired) electrons. The minimum Gasteiger partial charge on any atom is -0.473 e. The Balaban J connectivity index is 2.37. The normalized spacial score (nSPS) is 11.5. The smallest absolute Gasteiger partial charge is 0.213 e. The van der Waals surface area contributed by atoms with E-state index < -0.39 is 0 Å². The van der Waals surface area contributed by atoms with Crippen molar-refractivity contribution in [3.05, 3.63) is 41.6 Å². The molecule has 0 aliphatic carbocycles. The lowest BCUT2D eigenvalue weighted by molar-refractivity contribution is 0.240. The van der Waals surface area contributed by atoms with Gasteiger partial charge in [-0.1, -0.05) is 17.2 Å². The minimum atomic E-state index is 0.508. The first-order valence-electron chi connectivity index (χ1n) is 6.92. The molecule has 0 spiro atoms. The summed E-state index contributed by atoms with van der Waals surface area (Å²) in [5.74, 6) is 0.555. The van der Waals surface area contributed by atoms with Gasteiger partial charge in [-0.25, -0.2) is 9.98 Å². The molecule has 5 heteroatoms. The molecular weight excluding hydrogens is 266 g/mol. The Morgan fingerprint density at radius 3 is 2.76 bits per heavy atom. The predicted molar refractivity (Wildman–Crippen MR) is 85.2 cm³/mol. The first kappa shape index (κ1) is 16.9. The van der Waals surface area contributed by atoms with Crippen LogP contribution in [-0.4, -0.2) is 23.1 Å². The van der Waals surface area contributed by atoms with Crippen LogP contribution in [0.4, 0.5) is 5.69 Å². The molecule has 0 saturated heterocycles. The van der Waals surface area contributed by atoms with Crippen molar-refractivity contribution in [2.24, 2.45) is 4.99 Å². The van der Waals surface area contributed by atoms with Crippen molar-refractivity contribution >= 4 is 12.0 Å². The third kappa shape index (κ3) is 7.89. The highest BCUT2D eigenvalue weighted by Gasteiger charge is 1.95. The van der Waals surface area contributed by atoms with Crippen LogP contribution in [0.3, 0.4) is 0 Å². The third-order valence-electron chi connectivity index (χ3n) is 2.75. The summed E-state index contributed by atoms with van der Waals surface area (Å²) in [4.78, 5) is 8.03. The maximum absolute atomic E-state index is 8.39. The fraction of sp³-hybridized carbons (Fsp3) is 0.375. The number of pyridine rings is 1. The molecular formula is C16H23N3O2. The van der Waals surface area contributed by atoms with Gasteiger partial charge in [-0.2, -0.15) is 0 Å². The van der Waals surface area contributed by atoms with Gasteiger partial charge in [0.1, 0.15) is 12.9 Å². The second kappa shape index (κ2) is 9.72. The molecule has 0 aromatic carbocycles. The van der Waals surface area contributed by atoms with Crippen molar-refractivity contribution in [2.45, 2.75) is 33.6 Å². The van der Waals surface area contributed by atoms with Gasteiger partial charge in [-0.15, -0.1) is 0 Å². The van der Waals surface area contributed by atoms with E-state index in [1.807, 2.05) is 5.48 Å². The van der Waals surface area contributed by atoms with Crippen LogP contribution >= 0.6 is 0 Å². The molecule has 0 fully saturated rings. The van der Waals surface area contributed by atoms with E-state index >= 15 is 0 Å². The standard InChI is InChI=1S/C16H23N3O2/c1-13(2)5-4-6-14(3)9-10-21-16-8-7-15(11-17-16)18-12-19-20/h5,7-9,11-12,20H,4,6,10H2,1-3H3,(H,18,19)/b14-9-. The monoisotopic (exact) mass is 289 g/mol. The maximum Gasteiger partial charge on any atom is 0.213 e. The highest BCUT2D eigenvalue weighted by atomic mass is 16.5. The number of aromatic nitrogens is 1. The summed E-state index contributed by atoms with van der Waals surface area (Å²) in [5, 5.41) is 8.39. The van der Waals surface area contributed by atoms with Crippen LogP contribution in [0.25, 0.3) is 0 Å². The molecule has 0 atom stereocenters. The molecule has 5 nitrogen and oxygen atoms in total. The number of rotatable bonds is 8. The van der Waals surface area contributed by atoms with Gasteiger partial charge >= 0.3 is 0 Å². The van der Waals surface area contributed by atoms with Crippen molar-refractivity contribution in [3.8, 4) is 5.88 Å². The average molecular weight is 289 g/mol. The van der Waals surface area contributed by atoms with Gasteiger partial charge < -0.3 is 4.74 Å². The Labute approximate surface area is 126 Å². The summed E-state index contributed by atoms with van der Waals surface area (Å²) in [5.41, 5.74) is 5.13. The highest BCUT2D eigenvalue weighted by Crippen LogP contribution is 2.14. The van der Waals surface area contributed by atoms with Crippen LogP contribution in [0.2, 0.25) is 0 Å². The minimum absolute atomic E-state index is 0.508. The first-order chi connectivity index (χ1) is 10.1. The number of hydroxylamine groups is 1. The number of hydrogen-bond donors (Lipinski definition) is 2. The zero-order chi connectivity index (χ0) is 15.5. The first-order valence-corrected chi connectivity index (χ1v) is 6.92. The predicted octanol–water partition coefficient (Wildman–Crippen LogP) is 3.79. The molecule has 21 heavy (non-hydrogen) atoms. The van der Waals surface area contributed by atoms with Gasteiger partial charge in [0.05, 0.1) is 11.9 Å². The third-order valence-corrected chi connectivity index (χ3v) is 2.75. The van der Waals surface area contributed by atoms with Gasteiger partial charge in [0.25, 0.3) is 0 Å². The molecule has 2 N–H and O–H groups in total. The molecule has 0 aliphatic rings.